The molecule has 11 heteroatoms. The van der Waals surface area contributed by atoms with Gasteiger partial charge in [-0.25, -0.2) is 14.4 Å². The molecular weight excluding hydrogens is 678 g/mol. The maximum Gasteiger partial charge on any atom is 0.157 e. The number of hydrogen-bond acceptors (Lipinski definition) is 10. The molecule has 0 bridgehead atoms. The molecule has 0 saturated carbocycles. The second-order valence-electron chi connectivity index (χ2n) is 15.4. The standard InChI is InChI=1S/C23H29N3O2.C18H25FN2O2S/c1-22(2,3)16-11-12-20(28-6)17(13-16)23(27,15-26(4)5)21-14-24-18-9-7-8-10-19(18)25-21;1-17(2,19)11-13-6-7-15(23-5)14(10-13)18(22,12-21(3)4)16-20-8-9-24-16/h7-14,27H,15H2,1-6H3;6-10,22H,11-12H2,1-5H3. The molecule has 3 aromatic carbocycles. The van der Waals surface area contributed by atoms with Crippen LogP contribution in [-0.2, 0) is 23.0 Å². The highest BCUT2D eigenvalue weighted by molar-refractivity contribution is 7.09. The summed E-state index contributed by atoms with van der Waals surface area (Å²) in [4.78, 5) is 17.4. The number of alkyl halides is 1. The maximum atomic E-state index is 14.1. The molecule has 2 N–H and O–H groups in total. The summed E-state index contributed by atoms with van der Waals surface area (Å²) in [6, 6.07) is 19.1. The van der Waals surface area contributed by atoms with Crippen molar-refractivity contribution in [3.05, 3.63) is 111 Å². The van der Waals surface area contributed by atoms with Crippen molar-refractivity contribution in [3.8, 4) is 11.5 Å². The Labute approximate surface area is 312 Å². The molecule has 2 heterocycles. The zero-order chi connectivity index (χ0) is 38.5. The molecule has 0 fully saturated rings. The highest BCUT2D eigenvalue weighted by Gasteiger charge is 2.39. The lowest BCUT2D eigenvalue weighted by Crippen LogP contribution is -2.40. The van der Waals surface area contributed by atoms with Crippen molar-refractivity contribution in [3.63, 3.8) is 0 Å². The van der Waals surface area contributed by atoms with Crippen LogP contribution in [0.15, 0.2) is 78.4 Å². The number of aliphatic hydroxyl groups is 2. The number of fused-ring (bicyclic) bond motifs is 1. The summed E-state index contributed by atoms with van der Waals surface area (Å²) < 4.78 is 25.1. The molecule has 0 radical (unpaired) electrons. The maximum absolute atomic E-state index is 14.1. The average Bonchev–Trinajstić information content (AvgIpc) is 3.62. The lowest BCUT2D eigenvalue weighted by molar-refractivity contribution is 0.0448. The summed E-state index contributed by atoms with van der Waals surface area (Å²) >= 11 is 1.39. The first-order valence-electron chi connectivity index (χ1n) is 17.2. The van der Waals surface area contributed by atoms with Gasteiger partial charge in [0, 0.05) is 42.2 Å². The fourth-order valence-electron chi connectivity index (χ4n) is 6.24. The zero-order valence-electron chi connectivity index (χ0n) is 32.4. The molecule has 0 aliphatic carbocycles. The minimum atomic E-state index is -1.37. The van der Waals surface area contributed by atoms with E-state index >= 15 is 0 Å². The van der Waals surface area contributed by atoms with Gasteiger partial charge in [0.1, 0.15) is 27.8 Å². The van der Waals surface area contributed by atoms with Gasteiger partial charge in [0.05, 0.1) is 37.1 Å². The Hall–Kier alpha value is -4.00. The fourth-order valence-corrected chi connectivity index (χ4v) is 6.98. The Morgan fingerprint density at radius 3 is 1.87 bits per heavy atom. The summed E-state index contributed by atoms with van der Waals surface area (Å²) in [6.45, 7) is 10.2. The second kappa shape index (κ2) is 16.3. The Morgan fingerprint density at radius 2 is 1.33 bits per heavy atom. The van der Waals surface area contributed by atoms with Crippen LogP contribution in [0, 0.1) is 0 Å². The van der Waals surface area contributed by atoms with Gasteiger partial charge in [-0.2, -0.15) is 0 Å². The van der Waals surface area contributed by atoms with E-state index in [-0.39, 0.29) is 11.8 Å². The van der Waals surface area contributed by atoms with Gasteiger partial charge >= 0.3 is 0 Å². The monoisotopic (exact) mass is 731 g/mol. The molecular formula is C41H54FN5O4S. The van der Waals surface area contributed by atoms with Crippen LogP contribution in [0.3, 0.4) is 0 Å². The number of methoxy groups -OCH3 is 2. The third kappa shape index (κ3) is 9.70. The quantitative estimate of drug-likeness (QED) is 0.141. The molecule has 0 saturated heterocycles. The molecule has 2 unspecified atom stereocenters. The van der Waals surface area contributed by atoms with E-state index in [1.54, 1.807) is 46.5 Å². The molecule has 0 spiro atoms. The molecule has 9 nitrogen and oxygen atoms in total. The Morgan fingerprint density at radius 1 is 0.750 bits per heavy atom. The zero-order valence-corrected chi connectivity index (χ0v) is 33.2. The molecule has 2 aromatic heterocycles. The minimum Gasteiger partial charge on any atom is -0.496 e. The van der Waals surface area contributed by atoms with E-state index in [2.05, 4.69) is 30.7 Å². The summed E-state index contributed by atoms with van der Waals surface area (Å²) in [5.41, 5.74) is 1.22. The second-order valence-corrected chi connectivity index (χ2v) is 16.3. The Bertz CT molecular complexity index is 1920. The van der Waals surface area contributed by atoms with Gasteiger partial charge in [-0.3, -0.25) is 4.98 Å². The average molecular weight is 732 g/mol. The van der Waals surface area contributed by atoms with Crippen LogP contribution in [0.5, 0.6) is 11.5 Å². The van der Waals surface area contributed by atoms with Gasteiger partial charge in [-0.1, -0.05) is 45.0 Å². The molecule has 5 aromatic rings. The minimum absolute atomic E-state index is 0.0604. The molecule has 5 rings (SSSR count). The highest BCUT2D eigenvalue weighted by Crippen LogP contribution is 2.40. The van der Waals surface area contributed by atoms with E-state index in [1.165, 1.54) is 11.3 Å². The number of benzene rings is 3. The smallest absolute Gasteiger partial charge is 0.157 e. The topological polar surface area (TPSA) is 104 Å². The molecule has 0 amide bonds. The lowest BCUT2D eigenvalue weighted by atomic mass is 9.81. The summed E-state index contributed by atoms with van der Waals surface area (Å²) in [5, 5.41) is 25.9. The van der Waals surface area contributed by atoms with Gasteiger partial charge in [0.2, 0.25) is 0 Å². The largest absolute Gasteiger partial charge is 0.496 e. The molecule has 2 atom stereocenters. The number of aromatic nitrogens is 3. The van der Waals surface area contributed by atoms with E-state index in [1.807, 2.05) is 98.0 Å². The van der Waals surface area contributed by atoms with Crippen LogP contribution in [0.4, 0.5) is 4.39 Å². The van der Waals surface area contributed by atoms with Crippen molar-refractivity contribution in [1.29, 1.82) is 0 Å². The Balaban J connectivity index is 0.000000236. The number of halogens is 1. The van der Waals surface area contributed by atoms with E-state index in [0.29, 0.717) is 46.4 Å². The van der Waals surface area contributed by atoms with Gasteiger partial charge in [0.15, 0.2) is 5.60 Å². The van der Waals surface area contributed by atoms with E-state index in [0.717, 1.165) is 22.2 Å². The van der Waals surface area contributed by atoms with Crippen LogP contribution >= 0.6 is 11.3 Å². The number of para-hydroxylation sites is 2. The fraction of sp³-hybridized carbons (Fsp3) is 0.439. The SMILES string of the molecule is COc1ccc(C(C)(C)C)cc1C(O)(CN(C)C)c1cnc2ccccc2n1.COc1ccc(CC(C)(C)F)cc1C(O)(CN(C)C)c1nccs1. The Kier molecular flexibility index (Phi) is 12.8. The highest BCUT2D eigenvalue weighted by atomic mass is 32.1. The number of ether oxygens (including phenoxy) is 2. The van der Waals surface area contributed by atoms with Crippen LogP contribution in [0.25, 0.3) is 11.0 Å². The third-order valence-electron chi connectivity index (χ3n) is 8.59. The number of likely N-dealkylation sites (N-methyl/N-ethyl adjacent to an activating group) is 2. The van der Waals surface area contributed by atoms with E-state index in [4.69, 9.17) is 14.5 Å². The summed E-state index contributed by atoms with van der Waals surface area (Å²) in [5.74, 6) is 1.20. The van der Waals surface area contributed by atoms with Crippen molar-refractivity contribution in [1.82, 2.24) is 24.8 Å². The predicted octanol–water partition coefficient (Wildman–Crippen LogP) is 6.97. The van der Waals surface area contributed by atoms with Crippen LogP contribution in [-0.4, -0.2) is 96.1 Å². The first-order chi connectivity index (χ1) is 24.3. The van der Waals surface area contributed by atoms with Crippen LogP contribution in [0.1, 0.15) is 67.6 Å². The normalized spacial score (nSPS) is 14.5. The first-order valence-corrected chi connectivity index (χ1v) is 18.1. The van der Waals surface area contributed by atoms with Crippen molar-refractivity contribution >= 4 is 22.4 Å². The van der Waals surface area contributed by atoms with Gasteiger partial charge in [-0.15, -0.1) is 11.3 Å². The molecule has 0 aliphatic rings. The van der Waals surface area contributed by atoms with Crippen LogP contribution < -0.4 is 9.47 Å². The number of hydrogen-bond donors (Lipinski definition) is 2. The van der Waals surface area contributed by atoms with Gasteiger partial charge in [-0.05, 0) is 95.0 Å². The van der Waals surface area contributed by atoms with E-state index < -0.39 is 16.9 Å². The number of nitrogens with zero attached hydrogens (tertiary/aromatic N) is 5. The lowest BCUT2D eigenvalue weighted by Gasteiger charge is -2.33. The van der Waals surface area contributed by atoms with Crippen molar-refractivity contribution in [2.24, 2.45) is 0 Å². The first kappa shape index (κ1) is 40.8. The van der Waals surface area contributed by atoms with E-state index in [9.17, 15) is 14.6 Å². The molecule has 52 heavy (non-hydrogen) atoms. The third-order valence-corrected chi connectivity index (χ3v) is 9.52. The van der Waals surface area contributed by atoms with Crippen molar-refractivity contribution in [2.45, 2.75) is 63.3 Å². The number of rotatable bonds is 12. The molecule has 280 valence electrons. The molecule has 0 aliphatic heterocycles. The van der Waals surface area contributed by atoms with Gasteiger partial charge in [0.25, 0.3) is 0 Å². The van der Waals surface area contributed by atoms with Crippen LogP contribution in [0.2, 0.25) is 0 Å². The predicted molar refractivity (Wildman–Crippen MR) is 208 cm³/mol. The number of thiazole rings is 1. The van der Waals surface area contributed by atoms with Gasteiger partial charge < -0.3 is 29.5 Å². The summed E-state index contributed by atoms with van der Waals surface area (Å²) in [6.07, 6.45) is 3.59. The summed E-state index contributed by atoms with van der Waals surface area (Å²) in [7, 11) is 10.8. The van der Waals surface area contributed by atoms with Crippen molar-refractivity contribution in [2.75, 3.05) is 55.5 Å². The van der Waals surface area contributed by atoms with Crippen molar-refractivity contribution < 1.29 is 24.1 Å².